The summed E-state index contributed by atoms with van der Waals surface area (Å²) in [6.45, 7) is 0.971. The minimum absolute atomic E-state index is 0.180. The lowest BCUT2D eigenvalue weighted by Gasteiger charge is -2.20. The first-order valence-corrected chi connectivity index (χ1v) is 6.18. The highest BCUT2D eigenvalue weighted by Crippen LogP contribution is 2.17. The average molecular weight is 261 g/mol. The summed E-state index contributed by atoms with van der Waals surface area (Å²) < 4.78 is 6.91. The van der Waals surface area contributed by atoms with Crippen molar-refractivity contribution in [2.45, 2.75) is 12.0 Å². The number of carbonyl (C=O) groups is 1. The number of imidazole rings is 1. The van der Waals surface area contributed by atoms with E-state index in [1.54, 1.807) is 10.6 Å². The Bertz CT molecular complexity index is 569. The molecule has 2 aromatic heterocycles. The second kappa shape index (κ2) is 4.64. The summed E-state index contributed by atoms with van der Waals surface area (Å²) in [5.74, 6) is -0.288. The molecule has 6 heteroatoms. The van der Waals surface area contributed by atoms with Gasteiger partial charge in [-0.3, -0.25) is 4.79 Å². The molecule has 0 aliphatic carbocycles. The van der Waals surface area contributed by atoms with Crippen LogP contribution in [-0.4, -0.2) is 45.8 Å². The minimum atomic E-state index is -0.950. The fourth-order valence-electron chi connectivity index (χ4n) is 2.12. The van der Waals surface area contributed by atoms with Crippen LogP contribution in [0.5, 0.6) is 0 Å². The molecule has 0 radical (unpaired) electrons. The van der Waals surface area contributed by atoms with E-state index in [1.807, 2.05) is 24.4 Å². The molecule has 19 heavy (non-hydrogen) atoms. The molecule has 1 saturated heterocycles. The van der Waals surface area contributed by atoms with Gasteiger partial charge in [-0.1, -0.05) is 6.07 Å². The molecule has 1 unspecified atom stereocenters. The molecule has 2 N–H and O–H groups in total. The summed E-state index contributed by atoms with van der Waals surface area (Å²) in [6.07, 6.45) is 4.04. The highest BCUT2D eigenvalue weighted by molar-refractivity contribution is 5.92. The number of ether oxygens (including phenoxy) is 1. The summed E-state index contributed by atoms with van der Waals surface area (Å²) in [5.41, 5.74) is 0.110. The third kappa shape index (κ3) is 2.45. The zero-order chi connectivity index (χ0) is 13.3. The third-order valence-electron chi connectivity index (χ3n) is 3.26. The Morgan fingerprint density at radius 3 is 3.21 bits per heavy atom. The zero-order valence-electron chi connectivity index (χ0n) is 10.4. The number of nitrogens with zero attached hydrogens (tertiary/aromatic N) is 2. The van der Waals surface area contributed by atoms with Crippen molar-refractivity contribution in [1.82, 2.24) is 14.7 Å². The van der Waals surface area contributed by atoms with E-state index < -0.39 is 5.60 Å². The monoisotopic (exact) mass is 261 g/mol. The molecule has 3 heterocycles. The first kappa shape index (κ1) is 12.1. The highest BCUT2D eigenvalue weighted by atomic mass is 16.5. The van der Waals surface area contributed by atoms with Crippen molar-refractivity contribution in [2.24, 2.45) is 0 Å². The molecular formula is C13H15N3O3. The molecule has 100 valence electrons. The number of fused-ring (bicyclic) bond motifs is 1. The first-order valence-electron chi connectivity index (χ1n) is 6.18. The van der Waals surface area contributed by atoms with Gasteiger partial charge in [0.1, 0.15) is 16.9 Å². The molecule has 0 aromatic carbocycles. The molecule has 1 amide bonds. The van der Waals surface area contributed by atoms with Crippen LogP contribution in [-0.2, 0) is 4.74 Å². The van der Waals surface area contributed by atoms with Crippen LogP contribution in [0.1, 0.15) is 16.9 Å². The second-order valence-electron chi connectivity index (χ2n) is 4.80. The zero-order valence-corrected chi connectivity index (χ0v) is 10.4. The predicted molar refractivity (Wildman–Crippen MR) is 67.9 cm³/mol. The molecule has 1 fully saturated rings. The van der Waals surface area contributed by atoms with E-state index in [2.05, 4.69) is 10.3 Å². The molecule has 6 nitrogen and oxygen atoms in total. The summed E-state index contributed by atoms with van der Waals surface area (Å²) in [7, 11) is 0. The smallest absolute Gasteiger partial charge is 0.271 e. The van der Waals surface area contributed by atoms with Gasteiger partial charge in [-0.05, 0) is 12.1 Å². The van der Waals surface area contributed by atoms with Gasteiger partial charge in [0.05, 0.1) is 6.61 Å². The number of aromatic nitrogens is 2. The van der Waals surface area contributed by atoms with E-state index >= 15 is 0 Å². The van der Waals surface area contributed by atoms with Crippen LogP contribution in [0.2, 0.25) is 0 Å². The van der Waals surface area contributed by atoms with Gasteiger partial charge in [-0.15, -0.1) is 0 Å². The lowest BCUT2D eigenvalue weighted by atomic mass is 10.0. The van der Waals surface area contributed by atoms with E-state index in [-0.39, 0.29) is 19.1 Å². The van der Waals surface area contributed by atoms with Crippen LogP contribution in [0.15, 0.2) is 30.6 Å². The van der Waals surface area contributed by atoms with Crippen molar-refractivity contribution >= 4 is 11.6 Å². The van der Waals surface area contributed by atoms with Crippen molar-refractivity contribution in [2.75, 3.05) is 19.8 Å². The molecule has 3 rings (SSSR count). The number of aliphatic hydroxyl groups is 1. The maximum absolute atomic E-state index is 12.0. The van der Waals surface area contributed by atoms with E-state index in [0.29, 0.717) is 18.7 Å². The van der Waals surface area contributed by atoms with Crippen molar-refractivity contribution in [3.8, 4) is 0 Å². The van der Waals surface area contributed by atoms with Crippen LogP contribution < -0.4 is 5.32 Å². The van der Waals surface area contributed by atoms with E-state index in [0.717, 1.165) is 5.65 Å². The number of amides is 1. The fourth-order valence-corrected chi connectivity index (χ4v) is 2.12. The Morgan fingerprint density at radius 2 is 2.47 bits per heavy atom. The number of rotatable bonds is 3. The second-order valence-corrected chi connectivity index (χ2v) is 4.80. The summed E-state index contributed by atoms with van der Waals surface area (Å²) in [4.78, 5) is 16.2. The fraction of sp³-hybridized carbons (Fsp3) is 0.385. The molecular weight excluding hydrogens is 246 g/mol. The van der Waals surface area contributed by atoms with E-state index in [9.17, 15) is 9.90 Å². The minimum Gasteiger partial charge on any atom is -0.386 e. The number of pyridine rings is 1. The van der Waals surface area contributed by atoms with Gasteiger partial charge in [0.15, 0.2) is 0 Å². The average Bonchev–Trinajstić information content (AvgIpc) is 3.02. The molecule has 0 spiro atoms. The Kier molecular flexibility index (Phi) is 2.96. The third-order valence-corrected chi connectivity index (χ3v) is 3.26. The maximum atomic E-state index is 12.0. The topological polar surface area (TPSA) is 75.9 Å². The summed E-state index contributed by atoms with van der Waals surface area (Å²) >= 11 is 0. The van der Waals surface area contributed by atoms with Gasteiger partial charge in [-0.2, -0.15) is 0 Å². The van der Waals surface area contributed by atoms with Gasteiger partial charge < -0.3 is 19.6 Å². The van der Waals surface area contributed by atoms with Crippen LogP contribution >= 0.6 is 0 Å². The molecule has 2 aromatic rings. The van der Waals surface area contributed by atoms with Crippen LogP contribution in [0.25, 0.3) is 5.65 Å². The first-order chi connectivity index (χ1) is 9.16. The molecule has 0 bridgehead atoms. The van der Waals surface area contributed by atoms with Crippen molar-refractivity contribution < 1.29 is 14.6 Å². The number of hydrogen-bond acceptors (Lipinski definition) is 4. The normalized spacial score (nSPS) is 22.8. The van der Waals surface area contributed by atoms with E-state index in [4.69, 9.17) is 4.74 Å². The lowest BCUT2D eigenvalue weighted by Crippen LogP contribution is -2.43. The number of carbonyl (C=O) groups excluding carboxylic acids is 1. The molecule has 1 aliphatic rings. The SMILES string of the molecule is O=C(NCC1(O)CCOC1)c1cn2ccccc2n1. The molecule has 0 saturated carbocycles. The Labute approximate surface area is 110 Å². The van der Waals surface area contributed by atoms with Gasteiger partial charge in [0.2, 0.25) is 0 Å². The lowest BCUT2D eigenvalue weighted by molar-refractivity contribution is 0.0264. The Balaban J connectivity index is 1.69. The van der Waals surface area contributed by atoms with Crippen LogP contribution in [0.4, 0.5) is 0 Å². The van der Waals surface area contributed by atoms with Gasteiger partial charge in [0.25, 0.3) is 5.91 Å². The van der Waals surface area contributed by atoms with Crippen molar-refractivity contribution in [3.63, 3.8) is 0 Å². The Hall–Kier alpha value is -1.92. The van der Waals surface area contributed by atoms with Crippen molar-refractivity contribution in [3.05, 3.63) is 36.3 Å². The van der Waals surface area contributed by atoms with Crippen LogP contribution in [0.3, 0.4) is 0 Å². The van der Waals surface area contributed by atoms with Crippen molar-refractivity contribution in [1.29, 1.82) is 0 Å². The quantitative estimate of drug-likeness (QED) is 0.828. The molecule has 1 aliphatic heterocycles. The van der Waals surface area contributed by atoms with Gasteiger partial charge in [0, 0.05) is 32.0 Å². The summed E-state index contributed by atoms with van der Waals surface area (Å²) in [5, 5.41) is 12.8. The van der Waals surface area contributed by atoms with Gasteiger partial charge in [-0.25, -0.2) is 4.98 Å². The molecule has 1 atom stereocenters. The van der Waals surface area contributed by atoms with Crippen LogP contribution in [0, 0.1) is 0 Å². The Morgan fingerprint density at radius 1 is 1.58 bits per heavy atom. The highest BCUT2D eigenvalue weighted by Gasteiger charge is 2.32. The number of hydrogen-bond donors (Lipinski definition) is 2. The maximum Gasteiger partial charge on any atom is 0.271 e. The number of nitrogens with one attached hydrogen (secondary N) is 1. The largest absolute Gasteiger partial charge is 0.386 e. The predicted octanol–water partition coefficient (Wildman–Crippen LogP) is 0.215. The van der Waals surface area contributed by atoms with E-state index in [1.165, 1.54) is 0 Å². The van der Waals surface area contributed by atoms with Gasteiger partial charge >= 0.3 is 0 Å². The standard InChI is InChI=1S/C13H15N3O3/c17-12(14-8-13(18)4-6-19-9-13)10-7-16-5-2-1-3-11(16)15-10/h1-3,5,7,18H,4,6,8-9H2,(H,14,17). The summed E-state index contributed by atoms with van der Waals surface area (Å²) in [6, 6.07) is 5.56.